The largest absolute Gasteiger partial charge is 0.352 e. The molecule has 0 aliphatic carbocycles. The maximum absolute atomic E-state index is 4.50. The third kappa shape index (κ3) is 2.06. The monoisotopic (exact) mass is 311 g/mol. The van der Waals surface area contributed by atoms with Crippen LogP contribution in [0.4, 0.5) is 5.82 Å². The minimum atomic E-state index is 0.571. The lowest BCUT2D eigenvalue weighted by Crippen LogP contribution is -2.41. The lowest BCUT2D eigenvalue weighted by molar-refractivity contribution is 0.488. The van der Waals surface area contributed by atoms with Gasteiger partial charge in [-0.2, -0.15) is 0 Å². The Morgan fingerprint density at radius 3 is 3.24 bits per heavy atom. The SMILES string of the molecule is BrCC1CCCCN1c1ncnc2sccc12. The molecule has 0 N–H and O–H groups in total. The fraction of sp³-hybridized carbons (Fsp3) is 0.500. The Morgan fingerprint density at radius 1 is 1.41 bits per heavy atom. The number of hydrogen-bond acceptors (Lipinski definition) is 4. The number of aromatic nitrogens is 2. The summed E-state index contributed by atoms with van der Waals surface area (Å²) < 4.78 is 0. The van der Waals surface area contributed by atoms with E-state index >= 15 is 0 Å². The number of thiophene rings is 1. The van der Waals surface area contributed by atoms with Crippen molar-refractivity contribution < 1.29 is 0 Å². The molecule has 0 spiro atoms. The van der Waals surface area contributed by atoms with E-state index in [-0.39, 0.29) is 0 Å². The van der Waals surface area contributed by atoms with Crippen LogP contribution in [0.3, 0.4) is 0 Å². The van der Waals surface area contributed by atoms with E-state index in [0.717, 1.165) is 22.5 Å². The third-order valence-corrected chi connectivity index (χ3v) is 4.89. The second-order valence-electron chi connectivity index (χ2n) is 4.33. The fourth-order valence-corrected chi connectivity index (χ4v) is 3.85. The summed E-state index contributed by atoms with van der Waals surface area (Å²) in [5, 5.41) is 4.31. The number of fused-ring (bicyclic) bond motifs is 1. The van der Waals surface area contributed by atoms with Crippen LogP contribution < -0.4 is 4.90 Å². The number of anilines is 1. The molecule has 0 aromatic carbocycles. The molecule has 5 heteroatoms. The van der Waals surface area contributed by atoms with E-state index in [1.54, 1.807) is 17.7 Å². The first-order chi connectivity index (χ1) is 8.40. The summed E-state index contributed by atoms with van der Waals surface area (Å²) in [6.07, 6.45) is 5.53. The van der Waals surface area contributed by atoms with Crippen molar-refractivity contribution in [1.82, 2.24) is 9.97 Å². The van der Waals surface area contributed by atoms with Crippen LogP contribution in [-0.2, 0) is 0 Å². The molecule has 1 atom stereocenters. The van der Waals surface area contributed by atoms with Gasteiger partial charge in [0.2, 0.25) is 0 Å². The molecule has 1 saturated heterocycles. The first kappa shape index (κ1) is 11.4. The first-order valence-electron chi connectivity index (χ1n) is 5.91. The molecule has 0 saturated carbocycles. The molecular weight excluding hydrogens is 298 g/mol. The van der Waals surface area contributed by atoms with E-state index in [9.17, 15) is 0 Å². The molecule has 3 heterocycles. The number of piperidine rings is 1. The standard InChI is InChI=1S/C12H14BrN3S/c13-7-9-3-1-2-5-16(9)11-10-4-6-17-12(10)15-8-14-11/h4,6,8-9H,1-3,5,7H2. The summed E-state index contributed by atoms with van der Waals surface area (Å²) in [5.74, 6) is 1.11. The highest BCUT2D eigenvalue weighted by molar-refractivity contribution is 9.09. The molecule has 1 aliphatic heterocycles. The predicted octanol–water partition coefficient (Wildman–Crippen LogP) is 3.45. The van der Waals surface area contributed by atoms with Gasteiger partial charge in [0, 0.05) is 17.9 Å². The number of alkyl halides is 1. The van der Waals surface area contributed by atoms with Crippen LogP contribution in [0, 0.1) is 0 Å². The second kappa shape index (κ2) is 4.90. The van der Waals surface area contributed by atoms with Crippen LogP contribution >= 0.6 is 27.3 Å². The molecule has 1 unspecified atom stereocenters. The highest BCUT2D eigenvalue weighted by atomic mass is 79.9. The minimum absolute atomic E-state index is 0.571. The number of nitrogens with zero attached hydrogens (tertiary/aromatic N) is 3. The van der Waals surface area contributed by atoms with E-state index in [4.69, 9.17) is 0 Å². The molecule has 1 fully saturated rings. The van der Waals surface area contributed by atoms with Gasteiger partial charge in [-0.1, -0.05) is 15.9 Å². The molecule has 0 bridgehead atoms. The minimum Gasteiger partial charge on any atom is -0.352 e. The van der Waals surface area contributed by atoms with Crippen LogP contribution in [0.2, 0.25) is 0 Å². The summed E-state index contributed by atoms with van der Waals surface area (Å²) in [4.78, 5) is 12.3. The molecule has 17 heavy (non-hydrogen) atoms. The van der Waals surface area contributed by atoms with E-state index in [2.05, 4.69) is 42.2 Å². The van der Waals surface area contributed by atoms with Crippen molar-refractivity contribution in [2.45, 2.75) is 25.3 Å². The lowest BCUT2D eigenvalue weighted by atomic mass is 10.0. The lowest BCUT2D eigenvalue weighted by Gasteiger charge is -2.35. The van der Waals surface area contributed by atoms with Gasteiger partial charge in [0.1, 0.15) is 17.0 Å². The zero-order chi connectivity index (χ0) is 11.7. The van der Waals surface area contributed by atoms with Crippen LogP contribution in [0.15, 0.2) is 17.8 Å². The molecule has 0 radical (unpaired) electrons. The van der Waals surface area contributed by atoms with Crippen molar-refractivity contribution in [2.24, 2.45) is 0 Å². The van der Waals surface area contributed by atoms with Crippen molar-refractivity contribution in [2.75, 3.05) is 16.8 Å². The number of hydrogen-bond donors (Lipinski definition) is 0. The second-order valence-corrected chi connectivity index (χ2v) is 5.88. The smallest absolute Gasteiger partial charge is 0.141 e. The molecule has 3 rings (SSSR count). The Balaban J connectivity index is 2.04. The highest BCUT2D eigenvalue weighted by Crippen LogP contribution is 2.31. The summed E-state index contributed by atoms with van der Waals surface area (Å²) in [6, 6.07) is 2.71. The van der Waals surface area contributed by atoms with Crippen LogP contribution in [-0.4, -0.2) is 27.9 Å². The van der Waals surface area contributed by atoms with E-state index in [1.807, 2.05) is 0 Å². The van der Waals surface area contributed by atoms with Crippen LogP contribution in [0.1, 0.15) is 19.3 Å². The van der Waals surface area contributed by atoms with Gasteiger partial charge in [0.15, 0.2) is 0 Å². The molecule has 1 aliphatic rings. The quantitative estimate of drug-likeness (QED) is 0.795. The molecule has 3 nitrogen and oxygen atoms in total. The van der Waals surface area contributed by atoms with Gasteiger partial charge in [-0.15, -0.1) is 11.3 Å². The van der Waals surface area contributed by atoms with Gasteiger partial charge in [0.05, 0.1) is 5.39 Å². The van der Waals surface area contributed by atoms with Gasteiger partial charge in [-0.3, -0.25) is 0 Å². The zero-order valence-corrected chi connectivity index (χ0v) is 11.9. The molecule has 2 aromatic heterocycles. The summed E-state index contributed by atoms with van der Waals surface area (Å²) >= 11 is 5.31. The average molecular weight is 312 g/mol. The molecular formula is C12H14BrN3S. The van der Waals surface area contributed by atoms with Crippen molar-refractivity contribution in [3.8, 4) is 0 Å². The summed E-state index contributed by atoms with van der Waals surface area (Å²) in [6.45, 7) is 1.11. The summed E-state index contributed by atoms with van der Waals surface area (Å²) in [7, 11) is 0. The molecule has 90 valence electrons. The van der Waals surface area contributed by atoms with Crippen molar-refractivity contribution in [3.63, 3.8) is 0 Å². The van der Waals surface area contributed by atoms with E-state index in [1.165, 1.54) is 24.6 Å². The molecule has 2 aromatic rings. The van der Waals surface area contributed by atoms with Crippen LogP contribution in [0.5, 0.6) is 0 Å². The van der Waals surface area contributed by atoms with E-state index < -0.39 is 0 Å². The van der Waals surface area contributed by atoms with Crippen molar-refractivity contribution in [3.05, 3.63) is 17.8 Å². The van der Waals surface area contributed by atoms with Gasteiger partial charge >= 0.3 is 0 Å². The Hall–Kier alpha value is -0.680. The Kier molecular flexibility index (Phi) is 3.29. The molecule has 0 amide bonds. The predicted molar refractivity (Wildman–Crippen MR) is 76.2 cm³/mol. The third-order valence-electron chi connectivity index (χ3n) is 3.32. The van der Waals surface area contributed by atoms with E-state index in [0.29, 0.717) is 6.04 Å². The van der Waals surface area contributed by atoms with Crippen LogP contribution in [0.25, 0.3) is 10.2 Å². The Bertz CT molecular complexity index is 513. The fourth-order valence-electron chi connectivity index (χ4n) is 2.45. The average Bonchev–Trinajstić information content (AvgIpc) is 2.86. The maximum Gasteiger partial charge on any atom is 0.141 e. The van der Waals surface area contributed by atoms with Crippen molar-refractivity contribution in [1.29, 1.82) is 0 Å². The number of halogens is 1. The zero-order valence-electron chi connectivity index (χ0n) is 9.47. The highest BCUT2D eigenvalue weighted by Gasteiger charge is 2.24. The Labute approximate surface area is 113 Å². The van der Waals surface area contributed by atoms with Gasteiger partial charge in [0.25, 0.3) is 0 Å². The maximum atomic E-state index is 4.50. The number of rotatable bonds is 2. The van der Waals surface area contributed by atoms with Gasteiger partial charge in [-0.25, -0.2) is 9.97 Å². The topological polar surface area (TPSA) is 29.0 Å². The Morgan fingerprint density at radius 2 is 2.35 bits per heavy atom. The van der Waals surface area contributed by atoms with Crippen molar-refractivity contribution >= 4 is 43.3 Å². The normalized spacial score (nSPS) is 21.0. The van der Waals surface area contributed by atoms with Gasteiger partial charge in [-0.05, 0) is 30.7 Å². The first-order valence-corrected chi connectivity index (χ1v) is 7.91. The summed E-state index contributed by atoms with van der Waals surface area (Å²) in [5.41, 5.74) is 0. The van der Waals surface area contributed by atoms with Gasteiger partial charge < -0.3 is 4.90 Å².